The molecule has 0 aliphatic carbocycles. The number of nitrogens with zero attached hydrogens (tertiary/aromatic N) is 3. The highest BCUT2D eigenvalue weighted by molar-refractivity contribution is 6.06. The summed E-state index contributed by atoms with van der Waals surface area (Å²) in [5, 5.41) is 11.8. The van der Waals surface area contributed by atoms with E-state index in [9.17, 15) is 4.79 Å². The van der Waals surface area contributed by atoms with Crippen LogP contribution in [0, 0.1) is 11.3 Å². The predicted octanol–water partition coefficient (Wildman–Crippen LogP) is 2.32. The summed E-state index contributed by atoms with van der Waals surface area (Å²) >= 11 is 0. The number of para-hydroxylation sites is 1. The number of carbonyl (C=O) groups excluding carboxylic acids is 1. The first kappa shape index (κ1) is 12.6. The Labute approximate surface area is 126 Å². The van der Waals surface area contributed by atoms with Crippen molar-refractivity contribution in [2.45, 2.75) is 6.54 Å². The van der Waals surface area contributed by atoms with Gasteiger partial charge >= 0.3 is 0 Å². The first-order valence-electron chi connectivity index (χ1n) is 7.06. The van der Waals surface area contributed by atoms with Crippen LogP contribution in [0.5, 0.6) is 0 Å². The Bertz CT molecular complexity index is 932. The van der Waals surface area contributed by atoms with Crippen LogP contribution >= 0.6 is 0 Å². The van der Waals surface area contributed by atoms with Crippen LogP contribution in [0.1, 0.15) is 15.9 Å². The average molecular weight is 288 g/mol. The van der Waals surface area contributed by atoms with Gasteiger partial charge in [0.05, 0.1) is 28.2 Å². The van der Waals surface area contributed by atoms with Crippen molar-refractivity contribution in [3.8, 4) is 17.5 Å². The van der Waals surface area contributed by atoms with E-state index in [0.29, 0.717) is 24.2 Å². The number of aromatic nitrogens is 2. The zero-order chi connectivity index (χ0) is 15.1. The first-order chi connectivity index (χ1) is 10.8. The third kappa shape index (κ3) is 1.78. The van der Waals surface area contributed by atoms with Crippen LogP contribution in [0.4, 0.5) is 0 Å². The van der Waals surface area contributed by atoms with Gasteiger partial charge in [0.25, 0.3) is 5.91 Å². The van der Waals surface area contributed by atoms with Crippen molar-refractivity contribution in [1.82, 2.24) is 14.9 Å². The van der Waals surface area contributed by atoms with Gasteiger partial charge in [0, 0.05) is 18.7 Å². The first-order valence-corrected chi connectivity index (χ1v) is 7.06. The third-order valence-electron chi connectivity index (χ3n) is 3.90. The summed E-state index contributed by atoms with van der Waals surface area (Å²) in [6, 6.07) is 15.1. The summed E-state index contributed by atoms with van der Waals surface area (Å²) in [6.07, 6.45) is 0. The van der Waals surface area contributed by atoms with Crippen LogP contribution in [0.15, 0.2) is 42.5 Å². The van der Waals surface area contributed by atoms with Crippen LogP contribution in [-0.2, 0) is 6.54 Å². The zero-order valence-corrected chi connectivity index (χ0v) is 11.7. The van der Waals surface area contributed by atoms with Crippen molar-refractivity contribution in [3.05, 3.63) is 53.6 Å². The quantitative estimate of drug-likeness (QED) is 0.747. The predicted molar refractivity (Wildman–Crippen MR) is 82.2 cm³/mol. The van der Waals surface area contributed by atoms with Gasteiger partial charge in [-0.05, 0) is 36.4 Å². The highest BCUT2D eigenvalue weighted by Crippen LogP contribution is 2.28. The molecule has 0 fully saturated rings. The SMILES string of the molecule is N#Cc1ccc(-c2nc3cccc4c3n2CCNC4=O)cc1. The number of nitriles is 1. The molecule has 3 aromatic rings. The summed E-state index contributed by atoms with van der Waals surface area (Å²) in [5.74, 6) is 0.763. The van der Waals surface area contributed by atoms with Gasteiger partial charge in [0.1, 0.15) is 5.82 Å². The fourth-order valence-electron chi connectivity index (χ4n) is 2.88. The van der Waals surface area contributed by atoms with E-state index < -0.39 is 0 Å². The second-order valence-corrected chi connectivity index (χ2v) is 5.21. The summed E-state index contributed by atoms with van der Waals surface area (Å²) < 4.78 is 2.07. The molecule has 22 heavy (non-hydrogen) atoms. The number of imidazole rings is 1. The molecule has 0 bridgehead atoms. The largest absolute Gasteiger partial charge is 0.350 e. The highest BCUT2D eigenvalue weighted by atomic mass is 16.1. The summed E-state index contributed by atoms with van der Waals surface area (Å²) in [6.45, 7) is 1.25. The van der Waals surface area contributed by atoms with Gasteiger partial charge in [-0.25, -0.2) is 4.98 Å². The van der Waals surface area contributed by atoms with E-state index in [2.05, 4.69) is 20.9 Å². The fraction of sp³-hybridized carbons (Fsp3) is 0.118. The topological polar surface area (TPSA) is 70.7 Å². The van der Waals surface area contributed by atoms with Gasteiger partial charge < -0.3 is 9.88 Å². The molecule has 1 aliphatic rings. The van der Waals surface area contributed by atoms with Crippen molar-refractivity contribution in [2.75, 3.05) is 6.54 Å². The maximum atomic E-state index is 12.1. The van der Waals surface area contributed by atoms with Crippen LogP contribution in [0.2, 0.25) is 0 Å². The number of amides is 1. The molecule has 1 amide bonds. The van der Waals surface area contributed by atoms with E-state index in [0.717, 1.165) is 22.4 Å². The minimum absolute atomic E-state index is 0.0596. The molecular weight excluding hydrogens is 276 g/mol. The zero-order valence-electron chi connectivity index (χ0n) is 11.7. The lowest BCUT2D eigenvalue weighted by Crippen LogP contribution is -2.24. The number of benzene rings is 2. The highest BCUT2D eigenvalue weighted by Gasteiger charge is 2.21. The Balaban J connectivity index is 1.98. The molecule has 0 unspecified atom stereocenters. The normalized spacial score (nSPS) is 13.5. The summed E-state index contributed by atoms with van der Waals surface area (Å²) in [4.78, 5) is 16.8. The Morgan fingerprint density at radius 1 is 1.18 bits per heavy atom. The van der Waals surface area contributed by atoms with E-state index >= 15 is 0 Å². The lowest BCUT2D eigenvalue weighted by Gasteiger charge is -2.07. The molecule has 0 saturated carbocycles. The molecule has 0 atom stereocenters. The molecule has 0 spiro atoms. The van der Waals surface area contributed by atoms with Crippen LogP contribution < -0.4 is 5.32 Å². The second-order valence-electron chi connectivity index (χ2n) is 5.21. The number of hydrogen-bond donors (Lipinski definition) is 1. The van der Waals surface area contributed by atoms with E-state index in [4.69, 9.17) is 5.26 Å². The van der Waals surface area contributed by atoms with Crippen molar-refractivity contribution in [2.24, 2.45) is 0 Å². The van der Waals surface area contributed by atoms with Crippen molar-refractivity contribution < 1.29 is 4.79 Å². The van der Waals surface area contributed by atoms with Gasteiger partial charge in [0.2, 0.25) is 0 Å². The monoisotopic (exact) mass is 288 g/mol. The molecule has 106 valence electrons. The van der Waals surface area contributed by atoms with E-state index in [-0.39, 0.29) is 5.91 Å². The third-order valence-corrected chi connectivity index (χ3v) is 3.90. The van der Waals surface area contributed by atoms with Crippen LogP contribution in [0.3, 0.4) is 0 Å². The Morgan fingerprint density at radius 3 is 2.77 bits per heavy atom. The van der Waals surface area contributed by atoms with E-state index in [1.54, 1.807) is 12.1 Å². The Morgan fingerprint density at radius 2 is 2.00 bits per heavy atom. The molecule has 5 heteroatoms. The lowest BCUT2D eigenvalue weighted by molar-refractivity contribution is 0.0956. The number of carbonyl (C=O) groups is 1. The molecule has 1 aromatic heterocycles. The molecule has 0 radical (unpaired) electrons. The molecule has 1 aliphatic heterocycles. The summed E-state index contributed by atoms with van der Waals surface area (Å²) in [5.41, 5.74) is 3.90. The maximum absolute atomic E-state index is 12.1. The van der Waals surface area contributed by atoms with Gasteiger partial charge in [-0.1, -0.05) is 6.07 Å². The van der Waals surface area contributed by atoms with Gasteiger partial charge in [-0.15, -0.1) is 0 Å². The lowest BCUT2D eigenvalue weighted by atomic mass is 10.1. The molecule has 1 N–H and O–H groups in total. The average Bonchev–Trinajstić information content (AvgIpc) is 2.84. The molecule has 2 aromatic carbocycles. The smallest absolute Gasteiger partial charge is 0.253 e. The molecule has 5 nitrogen and oxygen atoms in total. The Hall–Kier alpha value is -3.13. The van der Waals surface area contributed by atoms with Crippen LogP contribution in [-0.4, -0.2) is 22.0 Å². The van der Waals surface area contributed by atoms with Crippen molar-refractivity contribution >= 4 is 16.9 Å². The maximum Gasteiger partial charge on any atom is 0.253 e. The van der Waals surface area contributed by atoms with Gasteiger partial charge in [-0.3, -0.25) is 4.79 Å². The number of rotatable bonds is 1. The molecular formula is C17H12N4O. The second kappa shape index (κ2) is 4.71. The van der Waals surface area contributed by atoms with E-state index in [1.165, 1.54) is 0 Å². The number of nitrogens with one attached hydrogen (secondary N) is 1. The fourth-order valence-corrected chi connectivity index (χ4v) is 2.88. The number of hydrogen-bond acceptors (Lipinski definition) is 3. The van der Waals surface area contributed by atoms with Crippen molar-refractivity contribution in [1.29, 1.82) is 5.26 Å². The van der Waals surface area contributed by atoms with E-state index in [1.807, 2.05) is 30.3 Å². The standard InChI is InChI=1S/C17H12N4O/c18-10-11-4-6-12(7-5-11)16-20-14-3-1-2-13-15(14)21(16)9-8-19-17(13)22/h1-7H,8-9H2,(H,19,22). The molecule has 2 heterocycles. The van der Waals surface area contributed by atoms with Crippen molar-refractivity contribution in [3.63, 3.8) is 0 Å². The van der Waals surface area contributed by atoms with Gasteiger partial charge in [0.15, 0.2) is 0 Å². The molecule has 0 saturated heterocycles. The molecule has 4 rings (SSSR count). The Kier molecular flexibility index (Phi) is 2.70. The minimum Gasteiger partial charge on any atom is -0.350 e. The van der Waals surface area contributed by atoms with Crippen LogP contribution in [0.25, 0.3) is 22.4 Å². The van der Waals surface area contributed by atoms with Gasteiger partial charge in [-0.2, -0.15) is 5.26 Å². The minimum atomic E-state index is -0.0596. The summed E-state index contributed by atoms with van der Waals surface area (Å²) in [7, 11) is 0.